The lowest BCUT2D eigenvalue weighted by Crippen LogP contribution is -1.99. The van der Waals surface area contributed by atoms with Crippen LogP contribution in [0.15, 0.2) is 24.3 Å². The number of nitrogens with one attached hydrogen (secondary N) is 1. The minimum atomic E-state index is 0.267. The number of hydrogen-bond donors (Lipinski definition) is 2. The number of nitrogen functional groups attached to an aromatic ring is 1. The van der Waals surface area contributed by atoms with Gasteiger partial charge in [0, 0.05) is 5.02 Å². The van der Waals surface area contributed by atoms with Crippen molar-refractivity contribution in [3.05, 3.63) is 35.0 Å². The topological polar surface area (TPSA) is 72.5 Å². The molecule has 0 unspecified atom stereocenters. The number of rotatable bonds is 2. The highest BCUT2D eigenvalue weighted by Gasteiger charge is 2.19. The van der Waals surface area contributed by atoms with Crippen molar-refractivity contribution in [2.45, 2.75) is 19.8 Å². The Balaban J connectivity index is 2.30. The summed E-state index contributed by atoms with van der Waals surface area (Å²) in [5.41, 5.74) is 8.47. The predicted molar refractivity (Wildman–Crippen MR) is 76.7 cm³/mol. The lowest BCUT2D eigenvalue weighted by atomic mass is 10.1. The molecule has 0 aliphatic carbocycles. The molecule has 0 saturated carbocycles. The quantitative estimate of drug-likeness (QED) is 0.755. The van der Waals surface area contributed by atoms with Crippen LogP contribution in [0.25, 0.3) is 16.7 Å². The van der Waals surface area contributed by atoms with E-state index >= 15 is 0 Å². The molecule has 19 heavy (non-hydrogen) atoms. The van der Waals surface area contributed by atoms with Crippen molar-refractivity contribution in [3.8, 4) is 5.69 Å². The lowest BCUT2D eigenvalue weighted by Gasteiger charge is -2.03. The van der Waals surface area contributed by atoms with Gasteiger partial charge in [0.1, 0.15) is 5.82 Å². The van der Waals surface area contributed by atoms with Crippen molar-refractivity contribution in [1.82, 2.24) is 20.0 Å². The Bertz CT molecular complexity index is 741. The highest BCUT2D eigenvalue weighted by atomic mass is 35.5. The van der Waals surface area contributed by atoms with Gasteiger partial charge in [-0.2, -0.15) is 10.2 Å². The summed E-state index contributed by atoms with van der Waals surface area (Å²) in [5.74, 6) is 0.815. The van der Waals surface area contributed by atoms with Crippen molar-refractivity contribution >= 4 is 28.5 Å². The summed E-state index contributed by atoms with van der Waals surface area (Å²) in [5, 5.41) is 13.2. The zero-order valence-corrected chi connectivity index (χ0v) is 11.4. The van der Waals surface area contributed by atoms with Gasteiger partial charge in [-0.1, -0.05) is 31.5 Å². The van der Waals surface area contributed by atoms with E-state index in [2.05, 4.69) is 29.1 Å². The van der Waals surface area contributed by atoms with E-state index in [9.17, 15) is 0 Å². The van der Waals surface area contributed by atoms with Crippen LogP contribution < -0.4 is 5.73 Å². The summed E-state index contributed by atoms with van der Waals surface area (Å²) in [7, 11) is 0. The normalized spacial score (nSPS) is 11.6. The van der Waals surface area contributed by atoms with Crippen molar-refractivity contribution < 1.29 is 0 Å². The molecule has 1 aromatic carbocycles. The van der Waals surface area contributed by atoms with Crippen molar-refractivity contribution in [3.63, 3.8) is 0 Å². The minimum Gasteiger partial charge on any atom is -0.383 e. The molecule has 0 fully saturated rings. The number of aromatic nitrogens is 4. The van der Waals surface area contributed by atoms with Gasteiger partial charge in [-0.3, -0.25) is 5.10 Å². The largest absolute Gasteiger partial charge is 0.383 e. The average molecular weight is 276 g/mol. The molecule has 98 valence electrons. The van der Waals surface area contributed by atoms with Crippen molar-refractivity contribution in [1.29, 1.82) is 0 Å². The first-order valence-electron chi connectivity index (χ1n) is 6.06. The highest BCUT2D eigenvalue weighted by molar-refractivity contribution is 6.30. The first-order chi connectivity index (χ1) is 9.08. The number of H-pyrrole nitrogens is 1. The number of anilines is 1. The first-order valence-corrected chi connectivity index (χ1v) is 6.44. The lowest BCUT2D eigenvalue weighted by molar-refractivity contribution is 0.772. The smallest absolute Gasteiger partial charge is 0.186 e. The number of fused-ring (bicyclic) bond motifs is 1. The van der Waals surface area contributed by atoms with Gasteiger partial charge in [0.25, 0.3) is 0 Å². The van der Waals surface area contributed by atoms with E-state index < -0.39 is 0 Å². The maximum absolute atomic E-state index is 6.03. The van der Waals surface area contributed by atoms with Gasteiger partial charge >= 0.3 is 0 Å². The third kappa shape index (κ3) is 1.86. The molecule has 6 heteroatoms. The fourth-order valence-corrected chi connectivity index (χ4v) is 2.33. The van der Waals surface area contributed by atoms with Crippen LogP contribution in [-0.4, -0.2) is 20.0 Å². The Morgan fingerprint density at radius 2 is 2.16 bits per heavy atom. The molecule has 2 aromatic heterocycles. The Hall–Kier alpha value is -2.01. The van der Waals surface area contributed by atoms with E-state index in [1.54, 1.807) is 4.68 Å². The van der Waals surface area contributed by atoms with Crippen LogP contribution in [0.4, 0.5) is 5.82 Å². The first kappa shape index (κ1) is 12.0. The minimum absolute atomic E-state index is 0.267. The van der Waals surface area contributed by atoms with Crippen LogP contribution in [-0.2, 0) is 0 Å². The number of benzene rings is 1. The molecule has 0 aliphatic heterocycles. The molecule has 3 rings (SSSR count). The zero-order valence-electron chi connectivity index (χ0n) is 10.7. The fourth-order valence-electron chi connectivity index (χ4n) is 2.15. The predicted octanol–water partition coefficient (Wildman–Crippen LogP) is 3.11. The number of nitrogens with two attached hydrogens (primary N) is 1. The fraction of sp³-hybridized carbons (Fsp3) is 0.231. The van der Waals surface area contributed by atoms with Gasteiger partial charge in [0.2, 0.25) is 0 Å². The number of aromatic amines is 1. The summed E-state index contributed by atoms with van der Waals surface area (Å²) >= 11 is 6.03. The molecular formula is C13H14ClN5. The van der Waals surface area contributed by atoms with E-state index in [4.69, 9.17) is 17.3 Å². The molecule has 0 amide bonds. The molecule has 0 atom stereocenters. The Labute approximate surface area is 115 Å². The SMILES string of the molecule is CC(C)c1nn(-c2cccc(Cl)c2)c2n[nH]c(N)c12. The van der Waals surface area contributed by atoms with Crippen LogP contribution in [0, 0.1) is 0 Å². The van der Waals surface area contributed by atoms with Crippen molar-refractivity contribution in [2.75, 3.05) is 5.73 Å². The van der Waals surface area contributed by atoms with E-state index in [-0.39, 0.29) is 5.92 Å². The molecule has 3 aromatic rings. The maximum Gasteiger partial charge on any atom is 0.186 e. The monoisotopic (exact) mass is 275 g/mol. The molecule has 0 bridgehead atoms. The van der Waals surface area contributed by atoms with E-state index in [1.807, 2.05) is 24.3 Å². The van der Waals surface area contributed by atoms with Crippen LogP contribution in [0.3, 0.4) is 0 Å². The van der Waals surface area contributed by atoms with Crippen LogP contribution in [0.2, 0.25) is 5.02 Å². The molecule has 0 spiro atoms. The van der Waals surface area contributed by atoms with Gasteiger partial charge in [-0.25, -0.2) is 4.68 Å². The van der Waals surface area contributed by atoms with Gasteiger partial charge in [-0.05, 0) is 24.1 Å². The van der Waals surface area contributed by atoms with E-state index in [1.165, 1.54) is 0 Å². The molecule has 5 nitrogen and oxygen atoms in total. The molecule has 0 saturated heterocycles. The van der Waals surface area contributed by atoms with Crippen LogP contribution in [0.1, 0.15) is 25.5 Å². The van der Waals surface area contributed by atoms with Gasteiger partial charge in [-0.15, -0.1) is 0 Å². The van der Waals surface area contributed by atoms with Gasteiger partial charge in [0.05, 0.1) is 16.8 Å². The second-order valence-corrected chi connectivity index (χ2v) is 5.20. The standard InChI is InChI=1S/C13H14ClN5/c1-7(2)11-10-12(15)16-17-13(10)19(18-11)9-5-3-4-8(14)6-9/h3-7H,1-2H3,(H3,15,16,17). The maximum atomic E-state index is 6.03. The molecule has 0 aliphatic rings. The molecule has 2 heterocycles. The van der Waals surface area contributed by atoms with Crippen LogP contribution in [0.5, 0.6) is 0 Å². The number of halogens is 1. The summed E-state index contributed by atoms with van der Waals surface area (Å²) in [6.07, 6.45) is 0. The van der Waals surface area contributed by atoms with E-state index in [0.717, 1.165) is 22.4 Å². The third-order valence-electron chi connectivity index (χ3n) is 3.04. The van der Waals surface area contributed by atoms with Gasteiger partial charge < -0.3 is 5.73 Å². The van der Waals surface area contributed by atoms with E-state index in [0.29, 0.717) is 10.8 Å². The molecule has 3 N–H and O–H groups in total. The molecule has 0 radical (unpaired) electrons. The van der Waals surface area contributed by atoms with Crippen molar-refractivity contribution in [2.24, 2.45) is 0 Å². The summed E-state index contributed by atoms with van der Waals surface area (Å²) in [6.45, 7) is 4.16. The average Bonchev–Trinajstić information content (AvgIpc) is 2.90. The number of nitrogens with zero attached hydrogens (tertiary/aromatic N) is 3. The van der Waals surface area contributed by atoms with Gasteiger partial charge in [0.15, 0.2) is 5.65 Å². The Kier molecular flexibility index (Phi) is 2.71. The zero-order chi connectivity index (χ0) is 13.6. The Morgan fingerprint density at radius 1 is 1.37 bits per heavy atom. The summed E-state index contributed by atoms with van der Waals surface area (Å²) in [6, 6.07) is 7.50. The Morgan fingerprint density at radius 3 is 2.84 bits per heavy atom. The van der Waals surface area contributed by atoms with Crippen LogP contribution >= 0.6 is 11.6 Å². The second-order valence-electron chi connectivity index (χ2n) is 4.77. The molecular weight excluding hydrogens is 262 g/mol. The highest BCUT2D eigenvalue weighted by Crippen LogP contribution is 2.29. The second kappa shape index (κ2) is 4.28. The summed E-state index contributed by atoms with van der Waals surface area (Å²) < 4.78 is 1.77. The summed E-state index contributed by atoms with van der Waals surface area (Å²) in [4.78, 5) is 0. The number of hydrogen-bond acceptors (Lipinski definition) is 3. The third-order valence-corrected chi connectivity index (χ3v) is 3.27.